The number of halogens is 3. The van der Waals surface area contributed by atoms with Gasteiger partial charge in [0.25, 0.3) is 0 Å². The zero-order chi connectivity index (χ0) is 28.0. The van der Waals surface area contributed by atoms with Gasteiger partial charge >= 0.3 is 24.1 Å². The van der Waals surface area contributed by atoms with Gasteiger partial charge in [0.15, 0.2) is 0 Å². The molecule has 37 heavy (non-hydrogen) atoms. The van der Waals surface area contributed by atoms with Crippen molar-refractivity contribution < 1.29 is 46.5 Å². The Hall–Kier alpha value is -4.26. The van der Waals surface area contributed by atoms with E-state index in [4.69, 9.17) is 4.74 Å². The van der Waals surface area contributed by atoms with Gasteiger partial charge in [-0.25, -0.2) is 24.4 Å². The number of pyridine rings is 2. The fourth-order valence-electron chi connectivity index (χ4n) is 2.23. The number of aromatic nitrogens is 2. The maximum atomic E-state index is 12.2. The first kappa shape index (κ1) is 30.8. The van der Waals surface area contributed by atoms with Crippen LogP contribution in [0.3, 0.4) is 0 Å². The number of carbonyl (C=O) groups excluding carboxylic acids is 3. The van der Waals surface area contributed by atoms with E-state index in [0.717, 1.165) is 19.4 Å². The predicted octanol–water partition coefficient (Wildman–Crippen LogP) is 4.91. The lowest BCUT2D eigenvalue weighted by molar-refractivity contribution is -0.137. The SMILES string of the molecule is C=C(OC)c1cccc(C(=O)OC)n1.COC(=O)c1cc(C(F)(F)F)ccn1.COC(=O)c1cccs1. The standard InChI is InChI=1S/C10H11NO3.C8H6F3NO2.C6H6O2S/c1-7(13-2)8-5-4-6-9(11-8)10(12)14-3;1-14-7(13)6-4-5(2-3-12-6)8(9,10)11;1-8-6(7)5-3-2-4-9-5/h4-6H,1H2,2-3H3;2-4H,1H3;2-4H,1H3. The fourth-order valence-corrected chi connectivity index (χ4v) is 2.87. The van der Waals surface area contributed by atoms with Crippen molar-refractivity contribution in [3.63, 3.8) is 0 Å². The third-order valence-corrected chi connectivity index (χ3v) is 4.92. The van der Waals surface area contributed by atoms with Gasteiger partial charge in [-0.1, -0.05) is 18.7 Å². The third kappa shape index (κ3) is 10.1. The van der Waals surface area contributed by atoms with Crippen LogP contribution in [0.5, 0.6) is 0 Å². The van der Waals surface area contributed by atoms with E-state index >= 15 is 0 Å². The van der Waals surface area contributed by atoms with E-state index in [1.54, 1.807) is 24.3 Å². The summed E-state index contributed by atoms with van der Waals surface area (Å²) >= 11 is 1.38. The molecule has 0 aliphatic rings. The first-order valence-corrected chi connectivity index (χ1v) is 10.9. The largest absolute Gasteiger partial charge is 0.495 e. The van der Waals surface area contributed by atoms with E-state index < -0.39 is 23.7 Å². The number of hydrogen-bond acceptors (Lipinski definition) is 10. The molecule has 0 atom stereocenters. The Morgan fingerprint density at radius 2 is 1.41 bits per heavy atom. The summed E-state index contributed by atoms with van der Waals surface area (Å²) in [5, 5.41) is 1.84. The van der Waals surface area contributed by atoms with Gasteiger partial charge in [0.05, 0.1) is 34.0 Å². The summed E-state index contributed by atoms with van der Waals surface area (Å²) in [6.07, 6.45) is -3.57. The van der Waals surface area contributed by atoms with Crippen LogP contribution < -0.4 is 0 Å². The predicted molar refractivity (Wildman–Crippen MR) is 128 cm³/mol. The van der Waals surface area contributed by atoms with Crippen LogP contribution in [0.2, 0.25) is 0 Å². The zero-order valence-corrected chi connectivity index (χ0v) is 21.0. The monoisotopic (exact) mass is 540 g/mol. The first-order chi connectivity index (χ1) is 17.5. The average molecular weight is 541 g/mol. The van der Waals surface area contributed by atoms with Gasteiger partial charge in [-0.3, -0.25) is 0 Å². The van der Waals surface area contributed by atoms with Crippen molar-refractivity contribution in [2.24, 2.45) is 0 Å². The van der Waals surface area contributed by atoms with Crippen LogP contribution >= 0.6 is 11.3 Å². The Balaban J connectivity index is 0.000000285. The second kappa shape index (κ2) is 15.0. The Morgan fingerprint density at radius 3 is 1.92 bits per heavy atom. The molecule has 3 aromatic heterocycles. The summed E-state index contributed by atoms with van der Waals surface area (Å²) in [7, 11) is 5.25. The van der Waals surface area contributed by atoms with Crippen molar-refractivity contribution in [1.82, 2.24) is 9.97 Å². The highest BCUT2D eigenvalue weighted by atomic mass is 32.1. The molecule has 0 amide bonds. The zero-order valence-electron chi connectivity index (χ0n) is 20.2. The van der Waals surface area contributed by atoms with E-state index in [9.17, 15) is 27.6 Å². The molecule has 0 unspecified atom stereocenters. The molecule has 198 valence electrons. The summed E-state index contributed by atoms with van der Waals surface area (Å²) in [4.78, 5) is 40.7. The second-order valence-corrected chi connectivity index (χ2v) is 7.36. The summed E-state index contributed by atoms with van der Waals surface area (Å²) in [6.45, 7) is 3.63. The van der Waals surface area contributed by atoms with Crippen LogP contribution in [-0.4, -0.2) is 56.3 Å². The number of nitrogens with zero attached hydrogens (tertiary/aromatic N) is 2. The Labute approximate surface area is 214 Å². The number of thiophene rings is 1. The molecule has 0 saturated carbocycles. The molecule has 13 heteroatoms. The van der Waals surface area contributed by atoms with Gasteiger partial charge in [0, 0.05) is 6.20 Å². The van der Waals surface area contributed by atoms with Crippen molar-refractivity contribution in [1.29, 1.82) is 0 Å². The van der Waals surface area contributed by atoms with Gasteiger partial charge in [-0.15, -0.1) is 11.3 Å². The summed E-state index contributed by atoms with van der Waals surface area (Å²) in [6, 6.07) is 9.95. The van der Waals surface area contributed by atoms with Gasteiger partial charge in [-0.2, -0.15) is 13.2 Å². The minimum atomic E-state index is -4.48. The fraction of sp³-hybridized carbons (Fsp3) is 0.208. The van der Waals surface area contributed by atoms with Gasteiger partial charge in [-0.05, 0) is 35.7 Å². The Kier molecular flexibility index (Phi) is 12.5. The Bertz CT molecular complexity index is 1170. The molecule has 0 bridgehead atoms. The first-order valence-electron chi connectivity index (χ1n) is 10.00. The highest BCUT2D eigenvalue weighted by molar-refractivity contribution is 7.11. The van der Waals surface area contributed by atoms with Crippen molar-refractivity contribution in [2.45, 2.75) is 6.18 Å². The van der Waals surface area contributed by atoms with Crippen LogP contribution in [0.15, 0.2) is 60.6 Å². The number of ether oxygens (including phenoxy) is 4. The van der Waals surface area contributed by atoms with Gasteiger partial charge < -0.3 is 18.9 Å². The maximum Gasteiger partial charge on any atom is 0.416 e. The molecule has 0 aliphatic heterocycles. The van der Waals surface area contributed by atoms with Crippen LogP contribution in [-0.2, 0) is 25.1 Å². The van der Waals surface area contributed by atoms with E-state index in [0.29, 0.717) is 22.4 Å². The van der Waals surface area contributed by atoms with Crippen LogP contribution in [0.1, 0.15) is 41.9 Å². The number of esters is 3. The maximum absolute atomic E-state index is 12.2. The molecule has 0 spiro atoms. The lowest BCUT2D eigenvalue weighted by Crippen LogP contribution is -2.09. The third-order valence-electron chi connectivity index (χ3n) is 4.07. The lowest BCUT2D eigenvalue weighted by Gasteiger charge is -2.06. The molecular weight excluding hydrogens is 517 g/mol. The van der Waals surface area contributed by atoms with Crippen LogP contribution in [0.4, 0.5) is 13.2 Å². The van der Waals surface area contributed by atoms with Crippen molar-refractivity contribution in [2.75, 3.05) is 28.4 Å². The molecule has 3 heterocycles. The smallest absolute Gasteiger partial charge is 0.416 e. The molecule has 0 fully saturated rings. The van der Waals surface area contributed by atoms with E-state index in [2.05, 4.69) is 30.8 Å². The number of alkyl halides is 3. The van der Waals surface area contributed by atoms with Crippen molar-refractivity contribution >= 4 is 35.0 Å². The van der Waals surface area contributed by atoms with E-state index in [-0.39, 0.29) is 17.4 Å². The van der Waals surface area contributed by atoms with E-state index in [1.165, 1.54) is 32.7 Å². The van der Waals surface area contributed by atoms with Crippen LogP contribution in [0, 0.1) is 0 Å². The number of rotatable bonds is 5. The normalized spacial score (nSPS) is 9.92. The molecular formula is C24H23F3N2O7S. The highest BCUT2D eigenvalue weighted by Crippen LogP contribution is 2.29. The molecule has 0 N–H and O–H groups in total. The molecule has 0 saturated heterocycles. The quantitative estimate of drug-likeness (QED) is 0.253. The minimum absolute atomic E-state index is 0.239. The van der Waals surface area contributed by atoms with Gasteiger partial charge in [0.2, 0.25) is 0 Å². The molecule has 3 rings (SSSR count). The highest BCUT2D eigenvalue weighted by Gasteiger charge is 2.31. The molecule has 9 nitrogen and oxygen atoms in total. The minimum Gasteiger partial charge on any atom is -0.495 e. The average Bonchev–Trinajstić information content (AvgIpc) is 3.47. The van der Waals surface area contributed by atoms with Crippen LogP contribution in [0.25, 0.3) is 5.76 Å². The topological polar surface area (TPSA) is 114 Å². The van der Waals surface area contributed by atoms with E-state index in [1.807, 2.05) is 11.4 Å². The van der Waals surface area contributed by atoms with Crippen molar-refractivity contribution in [3.8, 4) is 0 Å². The molecule has 0 aliphatic carbocycles. The summed E-state index contributed by atoms with van der Waals surface area (Å²) < 4.78 is 54.6. The lowest BCUT2D eigenvalue weighted by atomic mass is 10.2. The summed E-state index contributed by atoms with van der Waals surface area (Å²) in [5.41, 5.74) is -0.520. The summed E-state index contributed by atoms with van der Waals surface area (Å²) in [5.74, 6) is -1.22. The molecule has 3 aromatic rings. The number of methoxy groups -OCH3 is 4. The number of hydrogen-bond donors (Lipinski definition) is 0. The second-order valence-electron chi connectivity index (χ2n) is 6.41. The molecule has 0 aromatic carbocycles. The van der Waals surface area contributed by atoms with Crippen molar-refractivity contribution in [3.05, 3.63) is 88.1 Å². The Morgan fingerprint density at radius 1 is 0.811 bits per heavy atom. The molecule has 0 radical (unpaired) electrons. The number of carbonyl (C=O) groups is 3. The van der Waals surface area contributed by atoms with Gasteiger partial charge in [0.1, 0.15) is 27.7 Å².